The van der Waals surface area contributed by atoms with Gasteiger partial charge in [0, 0.05) is 12.1 Å². The Balaban J connectivity index is 1.91. The summed E-state index contributed by atoms with van der Waals surface area (Å²) in [6.45, 7) is 0. The van der Waals surface area contributed by atoms with Crippen LogP contribution in [0.1, 0.15) is 22.3 Å². The topological polar surface area (TPSA) is 86.6 Å². The molecule has 1 amide bonds. The molecule has 0 unspecified atom stereocenters. The minimum Gasteiger partial charge on any atom is -0.508 e. The van der Waals surface area contributed by atoms with Gasteiger partial charge in [-0.1, -0.05) is 18.2 Å². The molecule has 0 aliphatic rings. The zero-order chi connectivity index (χ0) is 15.2. The molecule has 2 aromatic rings. The van der Waals surface area contributed by atoms with Crippen molar-refractivity contribution in [1.29, 1.82) is 0 Å². The lowest BCUT2D eigenvalue weighted by molar-refractivity contribution is -0.116. The van der Waals surface area contributed by atoms with E-state index in [1.54, 1.807) is 36.4 Å². The zero-order valence-corrected chi connectivity index (χ0v) is 11.2. The van der Waals surface area contributed by atoms with Crippen LogP contribution < -0.4 is 5.32 Å². The molecule has 5 nitrogen and oxygen atoms in total. The van der Waals surface area contributed by atoms with Crippen LogP contribution in [-0.4, -0.2) is 22.1 Å². The Labute approximate surface area is 121 Å². The summed E-state index contributed by atoms with van der Waals surface area (Å²) in [5, 5.41) is 20.7. The van der Waals surface area contributed by atoms with Gasteiger partial charge in [-0.15, -0.1) is 0 Å². The molecule has 2 rings (SSSR count). The highest BCUT2D eigenvalue weighted by molar-refractivity contribution is 5.93. The van der Waals surface area contributed by atoms with Gasteiger partial charge in [0.1, 0.15) is 5.75 Å². The monoisotopic (exact) mass is 285 g/mol. The highest BCUT2D eigenvalue weighted by Gasteiger charge is 2.06. The number of carbonyl (C=O) groups is 2. The van der Waals surface area contributed by atoms with Gasteiger partial charge in [0.15, 0.2) is 0 Å². The van der Waals surface area contributed by atoms with Gasteiger partial charge in [-0.2, -0.15) is 0 Å². The first-order valence-corrected chi connectivity index (χ1v) is 6.46. The van der Waals surface area contributed by atoms with Crippen LogP contribution >= 0.6 is 0 Å². The number of aromatic carboxylic acids is 1. The Morgan fingerprint density at radius 1 is 1.05 bits per heavy atom. The summed E-state index contributed by atoms with van der Waals surface area (Å²) >= 11 is 0. The van der Waals surface area contributed by atoms with Crippen LogP contribution in [0.4, 0.5) is 5.69 Å². The Morgan fingerprint density at radius 2 is 1.76 bits per heavy atom. The molecule has 0 radical (unpaired) electrons. The molecule has 5 heteroatoms. The van der Waals surface area contributed by atoms with E-state index >= 15 is 0 Å². The number of aryl methyl sites for hydroxylation is 1. The summed E-state index contributed by atoms with van der Waals surface area (Å²) < 4.78 is 0. The van der Waals surface area contributed by atoms with Gasteiger partial charge in [0.05, 0.1) is 5.56 Å². The molecular formula is C16H15NO4. The van der Waals surface area contributed by atoms with Crippen molar-refractivity contribution in [1.82, 2.24) is 0 Å². The molecule has 0 aliphatic heterocycles. The lowest BCUT2D eigenvalue weighted by Gasteiger charge is -2.06. The number of phenolic OH excluding ortho intramolecular Hbond substituents is 1. The number of aromatic hydroxyl groups is 1. The van der Waals surface area contributed by atoms with E-state index < -0.39 is 5.97 Å². The second-order valence-corrected chi connectivity index (χ2v) is 4.60. The molecule has 0 bridgehead atoms. The molecule has 0 saturated heterocycles. The number of nitrogens with one attached hydrogen (secondary N) is 1. The van der Waals surface area contributed by atoms with E-state index in [2.05, 4.69) is 5.32 Å². The van der Waals surface area contributed by atoms with Crippen LogP contribution in [0.25, 0.3) is 0 Å². The first-order valence-electron chi connectivity index (χ1n) is 6.46. The van der Waals surface area contributed by atoms with E-state index in [1.807, 2.05) is 0 Å². The molecule has 0 aliphatic carbocycles. The van der Waals surface area contributed by atoms with Gasteiger partial charge in [0.2, 0.25) is 5.91 Å². The van der Waals surface area contributed by atoms with Crippen molar-refractivity contribution in [3.05, 3.63) is 59.7 Å². The maximum Gasteiger partial charge on any atom is 0.335 e. The Morgan fingerprint density at radius 3 is 2.43 bits per heavy atom. The third-order valence-electron chi connectivity index (χ3n) is 2.97. The van der Waals surface area contributed by atoms with Gasteiger partial charge in [-0.25, -0.2) is 4.79 Å². The van der Waals surface area contributed by atoms with Crippen LogP contribution in [0.2, 0.25) is 0 Å². The fourth-order valence-electron chi connectivity index (χ4n) is 1.87. The summed E-state index contributed by atoms with van der Waals surface area (Å²) in [6.07, 6.45) is 0.826. The molecule has 0 aromatic heterocycles. The highest BCUT2D eigenvalue weighted by Crippen LogP contribution is 2.13. The third-order valence-corrected chi connectivity index (χ3v) is 2.97. The maximum atomic E-state index is 11.8. The first-order chi connectivity index (χ1) is 10.0. The predicted molar refractivity (Wildman–Crippen MR) is 78.5 cm³/mol. The number of carbonyl (C=O) groups excluding carboxylic acids is 1. The van der Waals surface area contributed by atoms with E-state index in [-0.39, 0.29) is 23.6 Å². The van der Waals surface area contributed by atoms with Crippen LogP contribution in [0.3, 0.4) is 0 Å². The van der Waals surface area contributed by atoms with E-state index in [1.165, 1.54) is 12.1 Å². The van der Waals surface area contributed by atoms with E-state index in [4.69, 9.17) is 5.11 Å². The number of carboxylic acid groups (broad SMARTS) is 1. The molecule has 3 N–H and O–H groups in total. The minimum atomic E-state index is -1.03. The SMILES string of the molecule is O=C(CCc1ccc(O)cc1)Nc1cccc(C(=O)O)c1. The van der Waals surface area contributed by atoms with Crippen molar-refractivity contribution in [2.45, 2.75) is 12.8 Å². The van der Waals surface area contributed by atoms with Gasteiger partial charge >= 0.3 is 5.97 Å². The Bertz CT molecular complexity index is 650. The summed E-state index contributed by atoms with van der Waals surface area (Å²) in [6, 6.07) is 12.8. The number of carboxylic acids is 1. The minimum absolute atomic E-state index is 0.131. The highest BCUT2D eigenvalue weighted by atomic mass is 16.4. The van der Waals surface area contributed by atoms with Gasteiger partial charge in [-0.05, 0) is 42.3 Å². The normalized spacial score (nSPS) is 10.1. The van der Waals surface area contributed by atoms with Crippen LogP contribution in [0.5, 0.6) is 5.75 Å². The lowest BCUT2D eigenvalue weighted by Crippen LogP contribution is -2.12. The summed E-state index contributed by atoms with van der Waals surface area (Å²) in [7, 11) is 0. The average molecular weight is 285 g/mol. The standard InChI is InChI=1S/C16H15NO4/c18-14-7-4-11(5-8-14)6-9-15(19)17-13-3-1-2-12(10-13)16(20)21/h1-5,7-8,10,18H,6,9H2,(H,17,19)(H,20,21). The molecule has 2 aromatic carbocycles. The van der Waals surface area contributed by atoms with E-state index in [9.17, 15) is 14.7 Å². The van der Waals surface area contributed by atoms with Crippen molar-refractivity contribution in [2.75, 3.05) is 5.32 Å². The fraction of sp³-hybridized carbons (Fsp3) is 0.125. The smallest absolute Gasteiger partial charge is 0.335 e. The van der Waals surface area contributed by atoms with Gasteiger partial charge < -0.3 is 15.5 Å². The van der Waals surface area contributed by atoms with Crippen molar-refractivity contribution < 1.29 is 19.8 Å². The van der Waals surface area contributed by atoms with Crippen LogP contribution in [-0.2, 0) is 11.2 Å². The van der Waals surface area contributed by atoms with Crippen LogP contribution in [0, 0.1) is 0 Å². The summed E-state index contributed by atoms with van der Waals surface area (Å²) in [5.41, 5.74) is 1.54. The average Bonchev–Trinajstić information content (AvgIpc) is 2.47. The molecular weight excluding hydrogens is 270 g/mol. The Hall–Kier alpha value is -2.82. The Kier molecular flexibility index (Phi) is 4.56. The summed E-state index contributed by atoms with van der Waals surface area (Å²) in [5.74, 6) is -1.03. The van der Waals surface area contributed by atoms with Gasteiger partial charge in [0.25, 0.3) is 0 Å². The maximum absolute atomic E-state index is 11.8. The molecule has 0 atom stereocenters. The molecule has 0 heterocycles. The molecule has 21 heavy (non-hydrogen) atoms. The van der Waals surface area contributed by atoms with Gasteiger partial charge in [-0.3, -0.25) is 4.79 Å². The third kappa shape index (κ3) is 4.35. The van der Waals surface area contributed by atoms with Crippen molar-refractivity contribution in [2.24, 2.45) is 0 Å². The van der Waals surface area contributed by atoms with E-state index in [0.717, 1.165) is 5.56 Å². The number of amides is 1. The second-order valence-electron chi connectivity index (χ2n) is 4.60. The number of hydrogen-bond acceptors (Lipinski definition) is 3. The molecule has 0 saturated carbocycles. The molecule has 0 fully saturated rings. The summed E-state index contributed by atoms with van der Waals surface area (Å²) in [4.78, 5) is 22.7. The number of benzene rings is 2. The van der Waals surface area contributed by atoms with Crippen molar-refractivity contribution >= 4 is 17.6 Å². The van der Waals surface area contributed by atoms with Crippen molar-refractivity contribution in [3.8, 4) is 5.75 Å². The second kappa shape index (κ2) is 6.56. The number of rotatable bonds is 5. The fourth-order valence-corrected chi connectivity index (χ4v) is 1.87. The number of anilines is 1. The van der Waals surface area contributed by atoms with Crippen molar-refractivity contribution in [3.63, 3.8) is 0 Å². The molecule has 0 spiro atoms. The quantitative estimate of drug-likeness (QED) is 0.788. The first kappa shape index (κ1) is 14.6. The zero-order valence-electron chi connectivity index (χ0n) is 11.2. The number of hydrogen-bond donors (Lipinski definition) is 3. The molecule has 108 valence electrons. The van der Waals surface area contributed by atoms with Crippen LogP contribution in [0.15, 0.2) is 48.5 Å². The van der Waals surface area contributed by atoms with E-state index in [0.29, 0.717) is 12.1 Å². The number of phenols is 1. The predicted octanol–water partition coefficient (Wildman–Crippen LogP) is 2.66. The largest absolute Gasteiger partial charge is 0.508 e. The lowest BCUT2D eigenvalue weighted by atomic mass is 10.1.